The zero-order chi connectivity index (χ0) is 21.4. The molecule has 1 saturated heterocycles. The number of rotatable bonds is 8. The highest BCUT2D eigenvalue weighted by atomic mass is 35.5. The largest absolute Gasteiger partial charge is 0.354 e. The first-order valence-electron chi connectivity index (χ1n) is 8.98. The third-order valence-electron chi connectivity index (χ3n) is 4.35. The maximum absolute atomic E-state index is 13.3. The maximum atomic E-state index is 13.3. The molecule has 0 bridgehead atoms. The SMILES string of the molecule is C=C/C=C(\C=C)CCNC(=O)C1CC(C(=O)Nc2ccc(F)c(Cl)c2)N(C)SN1. The van der Waals surface area contributed by atoms with Crippen molar-refractivity contribution in [3.63, 3.8) is 0 Å². The van der Waals surface area contributed by atoms with Crippen molar-refractivity contribution in [1.29, 1.82) is 0 Å². The standard InChI is InChI=1S/C20H24ClFN4O2S/c1-4-6-13(5-2)9-10-23-19(27)17-12-18(26(3)29-25-17)20(28)24-14-7-8-16(22)15(21)11-14/h4-8,11,17-18,25H,1-2,9-10,12H2,3H3,(H,23,27)(H,24,28)/b13-6+. The highest BCUT2D eigenvalue weighted by molar-refractivity contribution is 7.95. The summed E-state index contributed by atoms with van der Waals surface area (Å²) >= 11 is 6.95. The molecule has 1 aliphatic rings. The molecule has 0 aliphatic carbocycles. The van der Waals surface area contributed by atoms with E-state index < -0.39 is 17.9 Å². The van der Waals surface area contributed by atoms with Crippen LogP contribution in [-0.4, -0.2) is 41.8 Å². The Morgan fingerprint density at radius 2 is 2.17 bits per heavy atom. The molecule has 1 fully saturated rings. The molecule has 156 valence electrons. The summed E-state index contributed by atoms with van der Waals surface area (Å²) in [7, 11) is 1.75. The molecule has 6 nitrogen and oxygen atoms in total. The van der Waals surface area contributed by atoms with Gasteiger partial charge in [-0.15, -0.1) is 0 Å². The van der Waals surface area contributed by atoms with Crippen molar-refractivity contribution in [3.05, 3.63) is 66.0 Å². The highest BCUT2D eigenvalue weighted by Crippen LogP contribution is 2.24. The van der Waals surface area contributed by atoms with E-state index in [0.29, 0.717) is 18.7 Å². The predicted octanol–water partition coefficient (Wildman–Crippen LogP) is 3.45. The number of carbonyl (C=O) groups excluding carboxylic acids is 2. The van der Waals surface area contributed by atoms with Crippen LogP contribution in [0.15, 0.2) is 55.2 Å². The zero-order valence-corrected chi connectivity index (χ0v) is 17.7. The second-order valence-corrected chi connectivity index (χ2v) is 7.80. The minimum Gasteiger partial charge on any atom is -0.354 e. The summed E-state index contributed by atoms with van der Waals surface area (Å²) in [6.45, 7) is 7.82. The second kappa shape index (κ2) is 11.2. The quantitative estimate of drug-likeness (QED) is 0.428. The van der Waals surface area contributed by atoms with E-state index in [-0.39, 0.29) is 23.3 Å². The number of benzene rings is 1. The Bertz CT molecular complexity index is 818. The number of halogens is 2. The summed E-state index contributed by atoms with van der Waals surface area (Å²) < 4.78 is 18.1. The van der Waals surface area contributed by atoms with Gasteiger partial charge in [0.25, 0.3) is 0 Å². The fourth-order valence-corrected chi connectivity index (χ4v) is 3.71. The van der Waals surface area contributed by atoms with Gasteiger partial charge in [0.15, 0.2) is 0 Å². The molecule has 2 rings (SSSR count). The van der Waals surface area contributed by atoms with Gasteiger partial charge in [-0.05, 0) is 43.7 Å². The van der Waals surface area contributed by atoms with Gasteiger partial charge in [0.1, 0.15) is 11.9 Å². The lowest BCUT2D eigenvalue weighted by molar-refractivity contribution is -0.124. The number of nitrogens with zero attached hydrogens (tertiary/aromatic N) is 1. The molecule has 1 aromatic carbocycles. The molecule has 2 atom stereocenters. The molecule has 2 unspecified atom stereocenters. The minimum absolute atomic E-state index is 0.0718. The summed E-state index contributed by atoms with van der Waals surface area (Å²) in [5, 5.41) is 5.51. The van der Waals surface area contributed by atoms with Crippen LogP contribution in [-0.2, 0) is 9.59 Å². The average molecular weight is 439 g/mol. The molecule has 0 saturated carbocycles. The van der Waals surface area contributed by atoms with E-state index in [9.17, 15) is 14.0 Å². The molecule has 3 N–H and O–H groups in total. The van der Waals surface area contributed by atoms with Gasteiger partial charge in [-0.25, -0.2) is 13.4 Å². The van der Waals surface area contributed by atoms with Crippen molar-refractivity contribution < 1.29 is 14.0 Å². The third kappa shape index (κ3) is 6.71. The van der Waals surface area contributed by atoms with E-state index in [1.165, 1.54) is 30.3 Å². The Morgan fingerprint density at radius 1 is 1.41 bits per heavy atom. The second-order valence-electron chi connectivity index (χ2n) is 6.40. The Morgan fingerprint density at radius 3 is 2.83 bits per heavy atom. The Balaban J connectivity index is 1.93. The molecule has 0 radical (unpaired) electrons. The molecule has 1 heterocycles. The number of hydrogen-bond donors (Lipinski definition) is 3. The van der Waals surface area contributed by atoms with Gasteiger partial charge in [-0.1, -0.05) is 43.0 Å². The van der Waals surface area contributed by atoms with E-state index in [4.69, 9.17) is 11.6 Å². The fraction of sp³-hybridized carbons (Fsp3) is 0.300. The van der Waals surface area contributed by atoms with Gasteiger partial charge in [0, 0.05) is 24.4 Å². The van der Waals surface area contributed by atoms with Crippen molar-refractivity contribution in [1.82, 2.24) is 14.3 Å². The van der Waals surface area contributed by atoms with Gasteiger partial charge in [0.05, 0.1) is 11.1 Å². The third-order valence-corrected chi connectivity index (χ3v) is 5.57. The molecular formula is C20H24ClFN4O2S. The molecule has 2 amide bonds. The van der Waals surface area contributed by atoms with Crippen molar-refractivity contribution in [3.8, 4) is 0 Å². The molecular weight excluding hydrogens is 415 g/mol. The van der Waals surface area contributed by atoms with Crippen LogP contribution < -0.4 is 15.4 Å². The number of nitrogens with one attached hydrogen (secondary N) is 3. The Hall–Kier alpha value is -2.13. The first kappa shape index (κ1) is 23.2. The van der Waals surface area contributed by atoms with Gasteiger partial charge in [-0.3, -0.25) is 9.59 Å². The number of likely N-dealkylation sites (N-methyl/N-ethyl adjacent to an activating group) is 1. The molecule has 1 aromatic rings. The summed E-state index contributed by atoms with van der Waals surface area (Å²) in [5.74, 6) is -1.04. The van der Waals surface area contributed by atoms with E-state index in [1.54, 1.807) is 23.5 Å². The van der Waals surface area contributed by atoms with Crippen LogP contribution in [0, 0.1) is 5.82 Å². The topological polar surface area (TPSA) is 73.5 Å². The number of anilines is 1. The van der Waals surface area contributed by atoms with Crippen molar-refractivity contribution >= 4 is 41.2 Å². The number of allylic oxidation sites excluding steroid dienone is 3. The highest BCUT2D eigenvalue weighted by Gasteiger charge is 2.35. The average Bonchev–Trinajstić information content (AvgIpc) is 2.70. The number of carbonyl (C=O) groups is 2. The molecule has 9 heteroatoms. The van der Waals surface area contributed by atoms with E-state index in [0.717, 1.165) is 5.57 Å². The van der Waals surface area contributed by atoms with Crippen molar-refractivity contribution in [2.45, 2.75) is 24.9 Å². The van der Waals surface area contributed by atoms with Gasteiger partial charge < -0.3 is 10.6 Å². The lowest BCUT2D eigenvalue weighted by Crippen LogP contribution is -2.54. The van der Waals surface area contributed by atoms with E-state index in [2.05, 4.69) is 28.5 Å². The van der Waals surface area contributed by atoms with Crippen LogP contribution in [0.25, 0.3) is 0 Å². The van der Waals surface area contributed by atoms with Crippen LogP contribution in [0.3, 0.4) is 0 Å². The minimum atomic E-state index is -0.557. The maximum Gasteiger partial charge on any atom is 0.242 e. The first-order valence-corrected chi connectivity index (χ1v) is 10.1. The zero-order valence-electron chi connectivity index (χ0n) is 16.1. The Labute approximate surface area is 179 Å². The van der Waals surface area contributed by atoms with E-state index >= 15 is 0 Å². The normalized spacial score (nSPS) is 20.0. The monoisotopic (exact) mass is 438 g/mol. The first-order chi connectivity index (χ1) is 13.8. The van der Waals surface area contributed by atoms with Crippen LogP contribution >= 0.6 is 23.7 Å². The molecule has 1 aliphatic heterocycles. The lowest BCUT2D eigenvalue weighted by Gasteiger charge is -2.34. The fourth-order valence-electron chi connectivity index (χ4n) is 2.72. The smallest absolute Gasteiger partial charge is 0.242 e. The lowest BCUT2D eigenvalue weighted by atomic mass is 10.1. The summed E-state index contributed by atoms with van der Waals surface area (Å²) in [6.07, 6.45) is 6.15. The van der Waals surface area contributed by atoms with E-state index in [1.807, 2.05) is 6.08 Å². The summed E-state index contributed by atoms with van der Waals surface area (Å²) in [6, 6.07) is 2.89. The predicted molar refractivity (Wildman–Crippen MR) is 117 cm³/mol. The number of amides is 2. The summed E-state index contributed by atoms with van der Waals surface area (Å²) in [5.41, 5.74) is 1.37. The Kier molecular flexibility index (Phi) is 8.91. The van der Waals surface area contributed by atoms with Gasteiger partial charge in [0.2, 0.25) is 11.8 Å². The molecule has 29 heavy (non-hydrogen) atoms. The summed E-state index contributed by atoms with van der Waals surface area (Å²) in [4.78, 5) is 25.1. The van der Waals surface area contributed by atoms with Crippen LogP contribution in [0.2, 0.25) is 5.02 Å². The van der Waals surface area contributed by atoms with Crippen molar-refractivity contribution in [2.24, 2.45) is 0 Å². The van der Waals surface area contributed by atoms with Crippen LogP contribution in [0.4, 0.5) is 10.1 Å². The van der Waals surface area contributed by atoms with Crippen LogP contribution in [0.1, 0.15) is 12.8 Å². The van der Waals surface area contributed by atoms with Crippen molar-refractivity contribution in [2.75, 3.05) is 18.9 Å². The van der Waals surface area contributed by atoms with Crippen LogP contribution in [0.5, 0.6) is 0 Å². The molecule has 0 spiro atoms. The number of hydrogen-bond acceptors (Lipinski definition) is 5. The van der Waals surface area contributed by atoms with Gasteiger partial charge >= 0.3 is 0 Å². The molecule has 0 aromatic heterocycles. The van der Waals surface area contributed by atoms with Gasteiger partial charge in [-0.2, -0.15) is 0 Å².